The zero-order chi connectivity index (χ0) is 75.6. The Balaban J connectivity index is -0.000000153. The van der Waals surface area contributed by atoms with E-state index in [4.69, 9.17) is 5.11 Å². The second-order valence-electron chi connectivity index (χ2n) is 19.3. The Hall–Kier alpha value is -10.4. The lowest BCUT2D eigenvalue weighted by molar-refractivity contribution is 0.277. The molecule has 14 nitrogen and oxygen atoms in total. The molecule has 14 heteroatoms. The Labute approximate surface area is 608 Å². The molecule has 0 unspecified atom stereocenters. The number of rotatable bonds is 1. The molecule has 5 aromatic heterocycles. The summed E-state index contributed by atoms with van der Waals surface area (Å²) in [5, 5.41) is 28.7. The zero-order valence-electron chi connectivity index (χ0n) is 63.0. The quantitative estimate of drug-likeness (QED) is 0.137. The van der Waals surface area contributed by atoms with E-state index < -0.39 is 0 Å². The van der Waals surface area contributed by atoms with Crippen molar-refractivity contribution in [1.82, 2.24) is 40.0 Å². The number of allylic oxidation sites excluding steroid dienone is 2. The van der Waals surface area contributed by atoms with Crippen molar-refractivity contribution < 1.29 is 5.11 Å². The summed E-state index contributed by atoms with van der Waals surface area (Å²) >= 11 is 0. The first-order valence-electron chi connectivity index (χ1n) is 32.9. The first-order chi connectivity index (χ1) is 47.7. The summed E-state index contributed by atoms with van der Waals surface area (Å²) in [6, 6.07) is 39.9. The van der Waals surface area contributed by atoms with Crippen LogP contribution in [0.4, 0.5) is 0 Å². The van der Waals surface area contributed by atoms with E-state index in [1.54, 1.807) is 49.2 Å². The van der Waals surface area contributed by atoms with Crippen LogP contribution in [0.3, 0.4) is 0 Å². The molecule has 0 aliphatic carbocycles. The molecule has 0 radical (unpaired) electrons. The molecule has 546 valence electrons. The van der Waals surface area contributed by atoms with Gasteiger partial charge in [0.25, 0.3) is 0 Å². The Morgan fingerprint density at radius 2 is 1.00 bits per heavy atom. The molecule has 13 rings (SSSR count). The Kier molecular flexibility index (Phi) is 83.7. The summed E-state index contributed by atoms with van der Waals surface area (Å²) in [7, 11) is 2.19. The molecule has 0 amide bonds. The van der Waals surface area contributed by atoms with E-state index in [1.165, 1.54) is 98.7 Å². The molecule has 1 saturated heterocycles. The van der Waals surface area contributed by atoms with Gasteiger partial charge >= 0.3 is 0 Å². The average molecular weight is 1360 g/mol. The highest BCUT2D eigenvalue weighted by atomic mass is 16.3. The van der Waals surface area contributed by atoms with Crippen molar-refractivity contribution in [3.8, 4) is 5.75 Å². The van der Waals surface area contributed by atoms with Gasteiger partial charge in [-0.2, -0.15) is 10.2 Å². The van der Waals surface area contributed by atoms with Crippen LogP contribution in [0.1, 0.15) is 147 Å². The molecule has 3 N–H and O–H groups in total. The van der Waals surface area contributed by atoms with Crippen LogP contribution in [0.15, 0.2) is 293 Å². The van der Waals surface area contributed by atoms with Crippen molar-refractivity contribution >= 4 is 45.5 Å². The third-order valence-electron chi connectivity index (χ3n) is 11.8. The maximum absolute atomic E-state index is 8.76. The molecule has 4 aliphatic heterocycles. The van der Waals surface area contributed by atoms with Gasteiger partial charge in [-0.3, -0.25) is 25.1 Å². The van der Waals surface area contributed by atoms with Crippen LogP contribution < -0.4 is 0 Å². The van der Waals surface area contributed by atoms with Crippen molar-refractivity contribution in [3.63, 3.8) is 0 Å². The number of hydrogen-bond donors (Lipinski definition) is 3. The number of aromatic amines is 2. The maximum Gasteiger partial charge on any atom is 0.125 e. The molecule has 0 bridgehead atoms. The molecule has 9 aromatic rings. The number of aromatic nitrogens is 7. The van der Waals surface area contributed by atoms with Gasteiger partial charge in [-0.1, -0.05) is 147 Å². The van der Waals surface area contributed by atoms with Gasteiger partial charge in [-0.05, 0) is 188 Å². The number of para-hydroxylation sites is 1. The summed E-state index contributed by atoms with van der Waals surface area (Å²) in [6.07, 6.45) is 28.5. The number of aryl methyl sites for hydroxylation is 7. The highest BCUT2D eigenvalue weighted by Gasteiger charge is 2.03. The lowest BCUT2D eigenvalue weighted by Crippen LogP contribution is -2.24. The second kappa shape index (κ2) is 79.3. The van der Waals surface area contributed by atoms with Crippen LogP contribution in [0.5, 0.6) is 5.75 Å². The zero-order valence-corrected chi connectivity index (χ0v) is 63.0. The number of hydrogen-bond acceptors (Lipinski definition) is 12. The predicted molar refractivity (Wildman–Crippen MR) is 450 cm³/mol. The summed E-state index contributed by atoms with van der Waals surface area (Å²) in [4.78, 5) is 29.0. The molecule has 4 aliphatic rings. The number of aromatic hydroxyl groups is 1. The van der Waals surface area contributed by atoms with Crippen molar-refractivity contribution in [1.29, 1.82) is 0 Å². The number of fused-ring (bicyclic) bond motifs is 2. The summed E-state index contributed by atoms with van der Waals surface area (Å²) < 4.78 is 0. The highest BCUT2D eigenvalue weighted by Crippen LogP contribution is 2.21. The van der Waals surface area contributed by atoms with Crippen molar-refractivity contribution in [2.75, 3.05) is 26.7 Å². The number of nitrogens with one attached hydrogen (secondary N) is 2. The van der Waals surface area contributed by atoms with Gasteiger partial charge in [0.05, 0.1) is 17.4 Å². The first kappa shape index (κ1) is 106. The normalized spacial score (nSPS) is 10.9. The van der Waals surface area contributed by atoms with E-state index in [9.17, 15) is 0 Å². The standard InChI is InChI=1S/C11H11N.C9H9N.C8H8N2.C7H8O.2C6H7N.C6H13N.C5H6N2.C5H7N.C3H5N3.3C2H6.6C2H4.2CH4/c1-9-2-4-10(5-3-9)11-6-7-12-8-11;1-7-6-10-9-5-3-2-4-8(7)9;1-6-2-3-7-5-9-10-8(7)4-6;1-6-2-4-7(8)5-3-6;1-6-2-4-7-5-3-6;1-6-3-2-4-7-5-6;1-7-5-3-2-4-6-7;1-5-6-3-2-4-7-5;1-5-2-3-6-4-5;1-3-2-4-6-5-3;9*1-2;;/h2-5,7-8H,6H2,1H3;2-6,10H,1H3;2-5H,1H3,(H,9,10);2-5,8H,1H3;2*2-5H,1H3;2-6H2,1H3;2-4H,1H3;3-4H,2H2,1H3;2H2,1H3;3*1-2H3;6*1-2H2;2*1H4. The number of H-pyrrole nitrogens is 2. The minimum Gasteiger partial charge on any atom is -0.508 e. The van der Waals surface area contributed by atoms with Crippen molar-refractivity contribution in [2.24, 2.45) is 25.4 Å². The lowest BCUT2D eigenvalue weighted by atomic mass is 10.0. The first-order valence-corrected chi connectivity index (χ1v) is 32.9. The number of phenols is 1. The van der Waals surface area contributed by atoms with Gasteiger partial charge in [0.15, 0.2) is 0 Å². The molecule has 9 heterocycles. The van der Waals surface area contributed by atoms with Crippen LogP contribution in [0.25, 0.3) is 27.4 Å². The van der Waals surface area contributed by atoms with Gasteiger partial charge in [0.2, 0.25) is 0 Å². The van der Waals surface area contributed by atoms with Crippen molar-refractivity contribution in [3.05, 3.63) is 313 Å². The molecule has 1 fully saturated rings. The Bertz CT molecular complexity index is 3230. The molecular weight excluding hydrogens is 1230 g/mol. The van der Waals surface area contributed by atoms with E-state index in [0.29, 0.717) is 12.3 Å². The van der Waals surface area contributed by atoms with Gasteiger partial charge < -0.3 is 15.0 Å². The fourth-order valence-electron chi connectivity index (χ4n) is 7.12. The van der Waals surface area contributed by atoms with Gasteiger partial charge in [0, 0.05) is 97.3 Å². The van der Waals surface area contributed by atoms with Crippen LogP contribution in [-0.2, 0) is 0 Å². The SMILES string of the molecule is C.C.C=C.C=C.C=C.C=C.C=C.C=C.CC.CC.CC.CC1=CN=CC1.CC1=NN=NC1.CN1CCCCC1.Cc1c[nH]c2ccccc12.Cc1ccc(C2=CN=CC2)cc1.Cc1ccc(O)cc1.Cc1ccc2cn[nH]c2c1.Cc1cccnc1.Cc1ccncc1.Cc1ncccn1. The van der Waals surface area contributed by atoms with Crippen LogP contribution >= 0.6 is 0 Å². The molecule has 0 spiro atoms. The third kappa shape index (κ3) is 58.9. The number of aliphatic imine (C=N–C) groups is 2. The van der Waals surface area contributed by atoms with E-state index in [-0.39, 0.29) is 14.9 Å². The number of likely N-dealkylation sites (tertiary alicyclic amines) is 1. The van der Waals surface area contributed by atoms with Gasteiger partial charge in [-0.15, -0.1) is 84.0 Å². The second-order valence-corrected chi connectivity index (χ2v) is 19.3. The Morgan fingerprint density at radius 3 is 1.36 bits per heavy atom. The molecule has 0 saturated carbocycles. The monoisotopic (exact) mass is 1360 g/mol. The molecule has 0 atom stereocenters. The fourth-order valence-corrected chi connectivity index (χ4v) is 7.12. The number of nitrogens with zero attached hydrogens (tertiary/aromatic N) is 11. The molecule has 4 aromatic carbocycles. The van der Waals surface area contributed by atoms with Gasteiger partial charge in [-0.25, -0.2) is 9.97 Å². The van der Waals surface area contributed by atoms with E-state index in [2.05, 4.69) is 240 Å². The molecule has 100 heavy (non-hydrogen) atoms. The largest absolute Gasteiger partial charge is 0.508 e. The smallest absolute Gasteiger partial charge is 0.125 e. The predicted octanol–water partition coefficient (Wildman–Crippen LogP) is 24.9. The lowest BCUT2D eigenvalue weighted by Gasteiger charge is -2.20. The van der Waals surface area contributed by atoms with Crippen LogP contribution in [-0.4, -0.2) is 89.9 Å². The molecular formula is C86H131N13O. The number of pyridine rings is 2. The van der Waals surface area contributed by atoms with E-state index >= 15 is 0 Å². The maximum atomic E-state index is 8.76. The van der Waals surface area contributed by atoms with Crippen LogP contribution in [0, 0.1) is 48.5 Å². The topological polar surface area (TPSA) is 181 Å². The summed E-state index contributed by atoms with van der Waals surface area (Å²) in [6.45, 7) is 69.5. The Morgan fingerprint density at radius 1 is 0.480 bits per heavy atom. The average Bonchev–Trinajstić information content (AvgIpc) is 1.71. The minimum absolute atomic E-state index is 0. The summed E-state index contributed by atoms with van der Waals surface area (Å²) in [5.74, 6) is 1.15. The number of piperidine rings is 1. The fraction of sp³-hybridized carbons (Fsp3) is 0.302. The van der Waals surface area contributed by atoms with E-state index in [1.807, 2.05) is 162 Å². The third-order valence-corrected chi connectivity index (χ3v) is 11.8. The summed E-state index contributed by atoms with van der Waals surface area (Å²) in [5.41, 5.74) is 14.8. The number of benzene rings is 4. The van der Waals surface area contributed by atoms with E-state index in [0.717, 1.165) is 29.9 Å². The van der Waals surface area contributed by atoms with Crippen LogP contribution in [0.2, 0.25) is 0 Å². The highest BCUT2D eigenvalue weighted by molar-refractivity contribution is 5.85. The number of phenolic OH excluding ortho intramolecular Hbond substituents is 1. The minimum atomic E-state index is 0. The van der Waals surface area contributed by atoms with Crippen molar-refractivity contribution in [2.45, 2.75) is 151 Å². The van der Waals surface area contributed by atoms with Gasteiger partial charge in [0.1, 0.15) is 18.1 Å².